The molecule has 194 valence electrons. The molecular formula is C38H32N2. The molecule has 0 fully saturated rings. The molecule has 2 unspecified atom stereocenters. The molecule has 5 aromatic carbocycles. The molecule has 1 aliphatic heterocycles. The first kappa shape index (κ1) is 23.3. The number of hydrogen-bond donors (Lipinski definition) is 0. The number of rotatable bonds is 2. The largest absolute Gasteiger partial charge is 0.365 e. The lowest BCUT2D eigenvalue weighted by atomic mass is 9.84. The minimum absolute atomic E-state index is 0.283. The molecule has 1 aliphatic carbocycles. The Kier molecular flexibility index (Phi) is 4.94. The first-order valence-electron chi connectivity index (χ1n) is 14.2. The summed E-state index contributed by atoms with van der Waals surface area (Å²) in [6.45, 7) is 4.33. The predicted octanol–water partition coefficient (Wildman–Crippen LogP) is 9.32. The van der Waals surface area contributed by atoms with E-state index in [2.05, 4.69) is 147 Å². The van der Waals surface area contributed by atoms with E-state index >= 15 is 0 Å². The molecule has 0 N–H and O–H groups in total. The Morgan fingerprint density at radius 3 is 2.12 bits per heavy atom. The van der Waals surface area contributed by atoms with Gasteiger partial charge in [-0.15, -0.1) is 0 Å². The van der Waals surface area contributed by atoms with E-state index in [4.69, 9.17) is 0 Å². The Hall–Kier alpha value is -4.56. The molecule has 0 spiro atoms. The first-order valence-corrected chi connectivity index (χ1v) is 14.2. The molecule has 0 radical (unpaired) electrons. The summed E-state index contributed by atoms with van der Waals surface area (Å²) >= 11 is 0. The van der Waals surface area contributed by atoms with E-state index < -0.39 is 0 Å². The number of benzene rings is 5. The van der Waals surface area contributed by atoms with Crippen LogP contribution < -0.4 is 4.90 Å². The van der Waals surface area contributed by atoms with Crippen LogP contribution in [0.5, 0.6) is 0 Å². The second-order valence-corrected chi connectivity index (χ2v) is 11.7. The lowest BCUT2D eigenvalue weighted by molar-refractivity contribution is 0.727. The number of hydrogen-bond acceptors (Lipinski definition) is 1. The molecule has 8 rings (SSSR count). The SMILES string of the molecule is Cc1cccc(C2=CC3C(C=C2)c2c(c4c(c5ccccc25)c2ccc(-c5cccc(C)c5)cc2n4C)N3C)c1. The predicted molar refractivity (Wildman–Crippen MR) is 171 cm³/mol. The molecule has 6 aromatic rings. The topological polar surface area (TPSA) is 8.17 Å². The van der Waals surface area contributed by atoms with Gasteiger partial charge in [0.2, 0.25) is 0 Å². The van der Waals surface area contributed by atoms with Crippen LogP contribution in [0.2, 0.25) is 0 Å². The van der Waals surface area contributed by atoms with Crippen molar-refractivity contribution in [3.8, 4) is 11.1 Å². The number of allylic oxidation sites excluding steroid dienone is 2. The standard InChI is InChI=1S/C38H32N2/c1-23-9-7-11-25(19-23)27-15-17-31-33(21-27)39(3)37-35(31)29-13-5-6-14-30(29)36-32-18-16-28(22-34(32)40(4)38(36)37)26-12-8-10-24(2)20-26/h5-22,31,33H,1-4H3. The van der Waals surface area contributed by atoms with Crippen LogP contribution in [0.4, 0.5) is 5.69 Å². The smallest absolute Gasteiger partial charge is 0.0736 e. The van der Waals surface area contributed by atoms with Crippen LogP contribution in [-0.2, 0) is 7.05 Å². The third kappa shape index (κ3) is 3.23. The minimum Gasteiger partial charge on any atom is -0.365 e. The van der Waals surface area contributed by atoms with Crippen molar-refractivity contribution in [3.63, 3.8) is 0 Å². The average Bonchev–Trinajstić information content (AvgIpc) is 3.44. The van der Waals surface area contributed by atoms with Crippen molar-refractivity contribution in [3.05, 3.63) is 131 Å². The van der Waals surface area contributed by atoms with Gasteiger partial charge < -0.3 is 9.47 Å². The summed E-state index contributed by atoms with van der Waals surface area (Å²) in [5.41, 5.74) is 13.2. The van der Waals surface area contributed by atoms with Crippen LogP contribution in [0.25, 0.3) is 49.3 Å². The maximum absolute atomic E-state index is 2.54. The number of anilines is 1. The lowest BCUT2D eigenvalue weighted by Crippen LogP contribution is -2.29. The van der Waals surface area contributed by atoms with Gasteiger partial charge in [0.25, 0.3) is 0 Å². The normalized spacial score (nSPS) is 18.0. The number of nitrogens with zero attached hydrogens (tertiary/aromatic N) is 2. The monoisotopic (exact) mass is 516 g/mol. The lowest BCUT2D eigenvalue weighted by Gasteiger charge is -2.26. The van der Waals surface area contributed by atoms with Gasteiger partial charge in [-0.2, -0.15) is 0 Å². The van der Waals surface area contributed by atoms with Crippen LogP contribution in [0.15, 0.2) is 109 Å². The summed E-state index contributed by atoms with van der Waals surface area (Å²) in [4.78, 5) is 2.54. The van der Waals surface area contributed by atoms with E-state index in [-0.39, 0.29) is 6.04 Å². The maximum Gasteiger partial charge on any atom is 0.0736 e. The zero-order chi connectivity index (χ0) is 27.1. The number of likely N-dealkylation sites (N-methyl/N-ethyl adjacent to an activating group) is 1. The van der Waals surface area contributed by atoms with Crippen LogP contribution >= 0.6 is 0 Å². The van der Waals surface area contributed by atoms with Crippen LogP contribution in [0, 0.1) is 13.8 Å². The highest BCUT2D eigenvalue weighted by Crippen LogP contribution is 2.53. The molecule has 1 aromatic heterocycles. The number of aryl methyl sites for hydroxylation is 3. The average molecular weight is 517 g/mol. The van der Waals surface area contributed by atoms with E-state index in [0.29, 0.717) is 5.92 Å². The van der Waals surface area contributed by atoms with Crippen molar-refractivity contribution in [1.82, 2.24) is 4.57 Å². The zero-order valence-corrected chi connectivity index (χ0v) is 23.4. The maximum atomic E-state index is 2.54. The molecule has 0 bridgehead atoms. The van der Waals surface area contributed by atoms with Crippen molar-refractivity contribution in [2.24, 2.45) is 7.05 Å². The van der Waals surface area contributed by atoms with E-state index in [9.17, 15) is 0 Å². The van der Waals surface area contributed by atoms with Crippen molar-refractivity contribution in [2.45, 2.75) is 25.8 Å². The second-order valence-electron chi connectivity index (χ2n) is 11.7. The Morgan fingerprint density at radius 2 is 1.35 bits per heavy atom. The molecular weight excluding hydrogens is 484 g/mol. The van der Waals surface area contributed by atoms with Gasteiger partial charge in [-0.3, -0.25) is 0 Å². The Balaban J connectivity index is 1.39. The highest BCUT2D eigenvalue weighted by Gasteiger charge is 2.39. The molecule has 40 heavy (non-hydrogen) atoms. The van der Waals surface area contributed by atoms with Gasteiger partial charge in [0, 0.05) is 36.3 Å². The summed E-state index contributed by atoms with van der Waals surface area (Å²) in [6, 6.07) is 34.0. The summed E-state index contributed by atoms with van der Waals surface area (Å²) in [6.07, 6.45) is 7.27. The van der Waals surface area contributed by atoms with E-state index in [0.717, 1.165) is 0 Å². The van der Waals surface area contributed by atoms with Crippen molar-refractivity contribution in [2.75, 3.05) is 11.9 Å². The molecule has 2 heterocycles. The van der Waals surface area contributed by atoms with Crippen molar-refractivity contribution >= 4 is 43.8 Å². The van der Waals surface area contributed by atoms with Gasteiger partial charge in [0.15, 0.2) is 0 Å². The first-order chi connectivity index (χ1) is 19.5. The summed E-state index contributed by atoms with van der Waals surface area (Å²) in [5, 5.41) is 5.40. The summed E-state index contributed by atoms with van der Waals surface area (Å²) < 4.78 is 2.44. The van der Waals surface area contributed by atoms with Crippen molar-refractivity contribution in [1.29, 1.82) is 0 Å². The molecule has 0 saturated heterocycles. The number of fused-ring (bicyclic) bond motifs is 10. The van der Waals surface area contributed by atoms with Gasteiger partial charge in [-0.25, -0.2) is 0 Å². The fourth-order valence-corrected chi connectivity index (χ4v) is 7.33. The second kappa shape index (κ2) is 8.47. The number of aromatic nitrogens is 1. The zero-order valence-electron chi connectivity index (χ0n) is 23.4. The van der Waals surface area contributed by atoms with Gasteiger partial charge in [-0.05, 0) is 58.5 Å². The van der Waals surface area contributed by atoms with E-state index in [1.807, 2.05) is 0 Å². The summed E-state index contributed by atoms with van der Waals surface area (Å²) in [5.74, 6) is 0.323. The third-order valence-electron chi connectivity index (χ3n) is 9.20. The van der Waals surface area contributed by atoms with Gasteiger partial charge in [-0.1, -0.05) is 114 Å². The summed E-state index contributed by atoms with van der Waals surface area (Å²) in [7, 11) is 4.54. The molecule has 0 amide bonds. The van der Waals surface area contributed by atoms with Crippen LogP contribution in [0.3, 0.4) is 0 Å². The quantitative estimate of drug-likeness (QED) is 0.223. The molecule has 2 nitrogen and oxygen atoms in total. The molecule has 2 heteroatoms. The van der Waals surface area contributed by atoms with Crippen molar-refractivity contribution < 1.29 is 0 Å². The Morgan fingerprint density at radius 1 is 0.650 bits per heavy atom. The minimum atomic E-state index is 0.283. The molecule has 2 atom stereocenters. The Labute approximate surface area is 235 Å². The fourth-order valence-electron chi connectivity index (χ4n) is 7.33. The highest BCUT2D eigenvalue weighted by molar-refractivity contribution is 6.26. The van der Waals surface area contributed by atoms with Crippen LogP contribution in [0.1, 0.15) is 28.2 Å². The van der Waals surface area contributed by atoms with Gasteiger partial charge in [0.05, 0.1) is 17.2 Å². The van der Waals surface area contributed by atoms with Crippen LogP contribution in [-0.4, -0.2) is 17.7 Å². The van der Waals surface area contributed by atoms with E-state index in [1.165, 1.54) is 77.2 Å². The third-order valence-corrected chi connectivity index (χ3v) is 9.20. The fraction of sp³-hybridized carbons (Fsp3) is 0.158. The molecule has 2 aliphatic rings. The van der Waals surface area contributed by atoms with Gasteiger partial charge in [0.1, 0.15) is 0 Å². The van der Waals surface area contributed by atoms with E-state index in [1.54, 1.807) is 0 Å². The van der Waals surface area contributed by atoms with Gasteiger partial charge >= 0.3 is 0 Å². The Bertz CT molecular complexity index is 2070. The molecule has 0 saturated carbocycles. The highest BCUT2D eigenvalue weighted by atomic mass is 15.2.